The summed E-state index contributed by atoms with van der Waals surface area (Å²) < 4.78 is 15.9. The number of carbonyl (C=O) groups is 1. The second kappa shape index (κ2) is 9.56. The standard InChI is InChI=1S/C11H22O4Si/c1-5-10(12)15-8-9-16(4)11(13-6-2)14-7-3/h5,11,16H,1,6-9H2,2-4H3. The highest BCUT2D eigenvalue weighted by Gasteiger charge is 2.19. The Hall–Kier alpha value is -0.653. The van der Waals surface area contributed by atoms with Gasteiger partial charge in [-0.05, 0) is 19.9 Å². The Kier molecular flexibility index (Phi) is 9.17. The number of esters is 1. The highest BCUT2D eigenvalue weighted by Crippen LogP contribution is 2.06. The second-order valence-electron chi connectivity index (χ2n) is 3.42. The van der Waals surface area contributed by atoms with E-state index in [4.69, 9.17) is 14.2 Å². The minimum Gasteiger partial charge on any atom is -0.463 e. The summed E-state index contributed by atoms with van der Waals surface area (Å²) in [6.45, 7) is 11.1. The van der Waals surface area contributed by atoms with Gasteiger partial charge in [0.25, 0.3) is 0 Å². The van der Waals surface area contributed by atoms with Crippen LogP contribution in [0.3, 0.4) is 0 Å². The van der Waals surface area contributed by atoms with E-state index in [1.165, 1.54) is 6.08 Å². The van der Waals surface area contributed by atoms with Crippen molar-refractivity contribution in [2.24, 2.45) is 0 Å². The lowest BCUT2D eigenvalue weighted by molar-refractivity contribution is -0.137. The molecule has 0 saturated heterocycles. The summed E-state index contributed by atoms with van der Waals surface area (Å²) in [6.07, 6.45) is 1.18. The smallest absolute Gasteiger partial charge is 0.330 e. The van der Waals surface area contributed by atoms with Crippen LogP contribution in [0.15, 0.2) is 12.7 Å². The van der Waals surface area contributed by atoms with Crippen LogP contribution in [0.2, 0.25) is 12.6 Å². The number of ether oxygens (including phenoxy) is 3. The van der Waals surface area contributed by atoms with Gasteiger partial charge in [0.1, 0.15) is 14.7 Å². The summed E-state index contributed by atoms with van der Waals surface area (Å²) in [5.74, 6) is -0.456. The minimum absolute atomic E-state index is 0.0857. The maximum absolute atomic E-state index is 10.8. The highest BCUT2D eigenvalue weighted by molar-refractivity contribution is 6.58. The van der Waals surface area contributed by atoms with E-state index in [-0.39, 0.29) is 11.9 Å². The lowest BCUT2D eigenvalue weighted by Crippen LogP contribution is -2.34. The van der Waals surface area contributed by atoms with E-state index in [2.05, 4.69) is 13.1 Å². The molecule has 0 aromatic carbocycles. The van der Waals surface area contributed by atoms with Crippen molar-refractivity contribution in [3.8, 4) is 0 Å². The highest BCUT2D eigenvalue weighted by atomic mass is 28.3. The van der Waals surface area contributed by atoms with Crippen LogP contribution in [-0.2, 0) is 19.0 Å². The van der Waals surface area contributed by atoms with E-state index in [0.717, 1.165) is 6.04 Å². The van der Waals surface area contributed by atoms with Crippen LogP contribution in [-0.4, -0.2) is 40.5 Å². The third kappa shape index (κ3) is 6.76. The molecular weight excluding hydrogens is 224 g/mol. The fourth-order valence-electron chi connectivity index (χ4n) is 1.25. The zero-order valence-electron chi connectivity index (χ0n) is 10.4. The van der Waals surface area contributed by atoms with Crippen LogP contribution in [0, 0.1) is 0 Å². The molecule has 0 amide bonds. The first-order valence-electron chi connectivity index (χ1n) is 5.68. The molecule has 0 aliphatic carbocycles. The second-order valence-corrected chi connectivity index (χ2v) is 6.49. The Bertz CT molecular complexity index is 202. The van der Waals surface area contributed by atoms with Crippen molar-refractivity contribution < 1.29 is 19.0 Å². The molecule has 1 unspecified atom stereocenters. The molecule has 0 aliphatic rings. The van der Waals surface area contributed by atoms with Gasteiger partial charge in [0.15, 0.2) is 0 Å². The molecule has 0 heterocycles. The largest absolute Gasteiger partial charge is 0.463 e. The molecule has 94 valence electrons. The van der Waals surface area contributed by atoms with E-state index >= 15 is 0 Å². The van der Waals surface area contributed by atoms with Crippen molar-refractivity contribution >= 4 is 14.8 Å². The fourth-order valence-corrected chi connectivity index (χ4v) is 3.05. The summed E-state index contributed by atoms with van der Waals surface area (Å²) in [7, 11) is -1.18. The monoisotopic (exact) mass is 246 g/mol. The summed E-state index contributed by atoms with van der Waals surface area (Å²) >= 11 is 0. The predicted octanol–water partition coefficient (Wildman–Crippen LogP) is 1.51. The molecule has 16 heavy (non-hydrogen) atoms. The van der Waals surface area contributed by atoms with E-state index in [9.17, 15) is 4.79 Å². The molecule has 0 saturated carbocycles. The molecule has 1 atom stereocenters. The Morgan fingerprint density at radius 2 is 1.94 bits per heavy atom. The summed E-state index contributed by atoms with van der Waals surface area (Å²) in [5.41, 5.74) is 0. The van der Waals surface area contributed by atoms with Crippen molar-refractivity contribution in [1.82, 2.24) is 0 Å². The Morgan fingerprint density at radius 3 is 2.38 bits per heavy atom. The van der Waals surface area contributed by atoms with Crippen molar-refractivity contribution in [3.63, 3.8) is 0 Å². The molecule has 5 heteroatoms. The molecule has 0 aromatic heterocycles. The molecule has 0 spiro atoms. The van der Waals surface area contributed by atoms with Crippen LogP contribution in [0.4, 0.5) is 0 Å². The number of hydrogen-bond acceptors (Lipinski definition) is 4. The SMILES string of the molecule is C=CC(=O)OCC[SiH](C)C(OCC)OCC. The van der Waals surface area contributed by atoms with E-state index in [0.29, 0.717) is 19.8 Å². The van der Waals surface area contributed by atoms with Gasteiger partial charge in [-0.25, -0.2) is 4.79 Å². The maximum atomic E-state index is 10.8. The third-order valence-corrected chi connectivity index (χ3v) is 4.57. The topological polar surface area (TPSA) is 44.8 Å². The molecule has 0 aliphatic heterocycles. The Morgan fingerprint density at radius 1 is 1.38 bits per heavy atom. The van der Waals surface area contributed by atoms with Gasteiger partial charge in [0.05, 0.1) is 6.61 Å². The van der Waals surface area contributed by atoms with Crippen LogP contribution in [0.25, 0.3) is 0 Å². The maximum Gasteiger partial charge on any atom is 0.330 e. The number of carbonyl (C=O) groups excluding carboxylic acids is 1. The van der Waals surface area contributed by atoms with E-state index in [1.54, 1.807) is 0 Å². The van der Waals surface area contributed by atoms with Crippen LogP contribution in [0.5, 0.6) is 0 Å². The van der Waals surface area contributed by atoms with Gasteiger partial charge >= 0.3 is 5.97 Å². The van der Waals surface area contributed by atoms with Gasteiger partial charge in [0, 0.05) is 19.3 Å². The average Bonchev–Trinajstić information content (AvgIpc) is 2.28. The summed E-state index contributed by atoms with van der Waals surface area (Å²) in [6, 6.07) is 0.851. The Labute approximate surface area is 99.2 Å². The van der Waals surface area contributed by atoms with Gasteiger partial charge in [-0.1, -0.05) is 13.1 Å². The lowest BCUT2D eigenvalue weighted by atomic mass is 10.6. The minimum atomic E-state index is -1.18. The molecule has 0 N–H and O–H groups in total. The van der Waals surface area contributed by atoms with Gasteiger partial charge in [-0.2, -0.15) is 0 Å². The van der Waals surface area contributed by atoms with Gasteiger partial charge in [-0.15, -0.1) is 0 Å². The third-order valence-electron chi connectivity index (χ3n) is 2.11. The first-order valence-corrected chi connectivity index (χ1v) is 8.31. The van der Waals surface area contributed by atoms with Gasteiger partial charge < -0.3 is 14.2 Å². The first-order chi connectivity index (χ1) is 7.65. The molecule has 0 rings (SSSR count). The first kappa shape index (κ1) is 15.3. The van der Waals surface area contributed by atoms with E-state index in [1.807, 2.05) is 13.8 Å². The number of hydrogen-bond donors (Lipinski definition) is 0. The van der Waals surface area contributed by atoms with Gasteiger partial charge in [0.2, 0.25) is 0 Å². The molecule has 0 bridgehead atoms. The molecule has 0 fully saturated rings. The van der Waals surface area contributed by atoms with Crippen molar-refractivity contribution in [1.29, 1.82) is 0 Å². The fraction of sp³-hybridized carbons (Fsp3) is 0.727. The molecular formula is C11H22O4Si. The van der Waals surface area contributed by atoms with Gasteiger partial charge in [-0.3, -0.25) is 0 Å². The Balaban J connectivity index is 3.85. The summed E-state index contributed by atoms with van der Waals surface area (Å²) in [4.78, 5) is 10.8. The zero-order chi connectivity index (χ0) is 12.4. The van der Waals surface area contributed by atoms with E-state index < -0.39 is 8.80 Å². The average molecular weight is 246 g/mol. The predicted molar refractivity (Wildman–Crippen MR) is 66.0 cm³/mol. The van der Waals surface area contributed by atoms with Crippen LogP contribution < -0.4 is 0 Å². The molecule has 0 aromatic rings. The molecule has 0 radical (unpaired) electrons. The normalized spacial score (nSPS) is 12.5. The zero-order valence-corrected chi connectivity index (χ0v) is 11.6. The van der Waals surface area contributed by atoms with Crippen LogP contribution >= 0.6 is 0 Å². The van der Waals surface area contributed by atoms with Crippen LogP contribution in [0.1, 0.15) is 13.8 Å². The number of rotatable bonds is 9. The quantitative estimate of drug-likeness (QED) is 0.268. The van der Waals surface area contributed by atoms with Crippen molar-refractivity contribution in [3.05, 3.63) is 12.7 Å². The van der Waals surface area contributed by atoms with Crippen molar-refractivity contribution in [2.45, 2.75) is 32.4 Å². The lowest BCUT2D eigenvalue weighted by Gasteiger charge is -2.22. The molecule has 4 nitrogen and oxygen atoms in total. The summed E-state index contributed by atoms with van der Waals surface area (Å²) in [5, 5.41) is 0. The van der Waals surface area contributed by atoms with Crippen molar-refractivity contribution in [2.75, 3.05) is 19.8 Å².